The molecule has 0 bridgehead atoms. The van der Waals surface area contributed by atoms with Crippen LogP contribution in [0.2, 0.25) is 0 Å². The molecular formula is C14H19NO3S. The van der Waals surface area contributed by atoms with E-state index >= 15 is 0 Å². The predicted octanol–water partition coefficient (Wildman–Crippen LogP) is 2.10. The number of rotatable bonds is 4. The molecule has 1 aliphatic rings. The monoisotopic (exact) mass is 281 g/mol. The number of benzene rings is 1. The highest BCUT2D eigenvalue weighted by Gasteiger charge is 2.30. The van der Waals surface area contributed by atoms with Crippen molar-refractivity contribution in [2.45, 2.75) is 19.9 Å². The minimum atomic E-state index is -3.50. The molecule has 1 heterocycles. The van der Waals surface area contributed by atoms with Crippen LogP contribution in [0.25, 0.3) is 5.76 Å². The van der Waals surface area contributed by atoms with E-state index in [1.807, 2.05) is 50.3 Å². The Morgan fingerprint density at radius 3 is 2.42 bits per heavy atom. The van der Waals surface area contributed by atoms with E-state index in [2.05, 4.69) is 4.90 Å². The Balaban J connectivity index is 2.37. The van der Waals surface area contributed by atoms with Crippen LogP contribution in [0.15, 0.2) is 36.4 Å². The number of nitrogens with zero attached hydrogens (tertiary/aromatic N) is 1. The third-order valence-corrected chi connectivity index (χ3v) is 4.46. The van der Waals surface area contributed by atoms with Crippen LogP contribution in [0.5, 0.6) is 0 Å². The van der Waals surface area contributed by atoms with Gasteiger partial charge in [-0.25, -0.2) is 0 Å². The Morgan fingerprint density at radius 1 is 1.21 bits per heavy atom. The average molecular weight is 281 g/mol. The quantitative estimate of drug-likeness (QED) is 0.793. The van der Waals surface area contributed by atoms with Gasteiger partial charge in [0, 0.05) is 11.6 Å². The van der Waals surface area contributed by atoms with Gasteiger partial charge in [-0.1, -0.05) is 44.2 Å². The van der Waals surface area contributed by atoms with Crippen molar-refractivity contribution in [2.75, 3.05) is 18.8 Å². The molecule has 0 aromatic heterocycles. The summed E-state index contributed by atoms with van der Waals surface area (Å²) in [7, 11) is -3.50. The molecule has 0 N–H and O–H groups in total. The van der Waals surface area contributed by atoms with Crippen molar-refractivity contribution in [1.82, 2.24) is 4.90 Å². The fourth-order valence-electron chi connectivity index (χ4n) is 2.28. The van der Waals surface area contributed by atoms with Crippen molar-refractivity contribution in [3.05, 3.63) is 42.0 Å². The maximum absolute atomic E-state index is 11.9. The van der Waals surface area contributed by atoms with E-state index in [1.165, 1.54) is 0 Å². The lowest BCUT2D eigenvalue weighted by Crippen LogP contribution is -2.41. The number of hydrogen-bond donors (Lipinski definition) is 0. The SMILES string of the molecule is CCN(CC)C1C=C(c2ccccc2)OS(=O)(=O)C1. The smallest absolute Gasteiger partial charge is 0.311 e. The summed E-state index contributed by atoms with van der Waals surface area (Å²) in [5.41, 5.74) is 0.794. The lowest BCUT2D eigenvalue weighted by atomic mass is 10.1. The lowest BCUT2D eigenvalue weighted by molar-refractivity contribution is 0.260. The molecule has 2 rings (SSSR count). The summed E-state index contributed by atoms with van der Waals surface area (Å²) in [5, 5.41) is 0. The van der Waals surface area contributed by atoms with E-state index in [9.17, 15) is 8.42 Å². The first-order valence-electron chi connectivity index (χ1n) is 6.49. The lowest BCUT2D eigenvalue weighted by Gasteiger charge is -2.30. The first-order chi connectivity index (χ1) is 9.05. The van der Waals surface area contributed by atoms with Crippen LogP contribution in [-0.2, 0) is 14.3 Å². The Labute approximate surface area is 114 Å². The van der Waals surface area contributed by atoms with E-state index in [0.717, 1.165) is 18.7 Å². The maximum Gasteiger partial charge on any atom is 0.311 e. The highest BCUT2D eigenvalue weighted by Crippen LogP contribution is 2.25. The minimum absolute atomic E-state index is 0.0189. The van der Waals surface area contributed by atoms with Gasteiger partial charge in [-0.3, -0.25) is 4.90 Å². The van der Waals surface area contributed by atoms with Gasteiger partial charge < -0.3 is 4.18 Å². The molecule has 0 saturated heterocycles. The van der Waals surface area contributed by atoms with E-state index in [4.69, 9.17) is 4.18 Å². The fourth-order valence-corrected chi connectivity index (χ4v) is 3.50. The van der Waals surface area contributed by atoms with Crippen LogP contribution < -0.4 is 0 Å². The van der Waals surface area contributed by atoms with Gasteiger partial charge in [-0.15, -0.1) is 0 Å². The third kappa shape index (κ3) is 3.36. The summed E-state index contributed by atoms with van der Waals surface area (Å²) < 4.78 is 28.9. The number of likely N-dealkylation sites (N-methyl/N-ethyl adjacent to an activating group) is 1. The zero-order valence-electron chi connectivity index (χ0n) is 11.2. The second-order valence-corrected chi connectivity index (χ2v) is 6.11. The van der Waals surface area contributed by atoms with Gasteiger partial charge >= 0.3 is 10.1 Å². The molecule has 0 saturated carbocycles. The van der Waals surface area contributed by atoms with Crippen LogP contribution in [0.4, 0.5) is 0 Å². The van der Waals surface area contributed by atoms with Crippen LogP contribution in [0, 0.1) is 0 Å². The van der Waals surface area contributed by atoms with Crippen molar-refractivity contribution in [2.24, 2.45) is 0 Å². The molecule has 5 heteroatoms. The highest BCUT2D eigenvalue weighted by atomic mass is 32.2. The van der Waals surface area contributed by atoms with Crippen LogP contribution >= 0.6 is 0 Å². The van der Waals surface area contributed by atoms with Gasteiger partial charge in [0.2, 0.25) is 0 Å². The topological polar surface area (TPSA) is 46.6 Å². The largest absolute Gasteiger partial charge is 0.382 e. The zero-order chi connectivity index (χ0) is 13.9. The summed E-state index contributed by atoms with van der Waals surface area (Å²) in [6, 6.07) is 9.21. The fraction of sp³-hybridized carbons (Fsp3) is 0.429. The van der Waals surface area contributed by atoms with Crippen LogP contribution in [0.3, 0.4) is 0 Å². The summed E-state index contributed by atoms with van der Waals surface area (Å²) in [6.07, 6.45) is 1.91. The molecule has 104 valence electrons. The third-order valence-electron chi connectivity index (χ3n) is 3.28. The van der Waals surface area contributed by atoms with E-state index < -0.39 is 10.1 Å². The summed E-state index contributed by atoms with van der Waals surface area (Å²) in [5.74, 6) is 0.453. The second-order valence-electron chi connectivity index (χ2n) is 4.49. The molecule has 1 aromatic rings. The average Bonchev–Trinajstić information content (AvgIpc) is 2.39. The first kappa shape index (κ1) is 14.1. The summed E-state index contributed by atoms with van der Waals surface area (Å²) in [6.45, 7) is 5.69. The molecule has 1 unspecified atom stereocenters. The Bertz CT molecular complexity index is 547. The molecule has 0 fully saturated rings. The molecule has 1 aromatic carbocycles. The molecule has 1 atom stereocenters. The molecular weight excluding hydrogens is 262 g/mol. The Hall–Kier alpha value is -1.33. The summed E-state index contributed by atoms with van der Waals surface area (Å²) in [4.78, 5) is 2.11. The van der Waals surface area contributed by atoms with E-state index in [0.29, 0.717) is 5.76 Å². The second kappa shape index (κ2) is 5.75. The highest BCUT2D eigenvalue weighted by molar-refractivity contribution is 7.87. The van der Waals surface area contributed by atoms with Crippen LogP contribution in [-0.4, -0.2) is 38.2 Å². The van der Waals surface area contributed by atoms with Crippen molar-refractivity contribution in [3.8, 4) is 0 Å². The molecule has 0 radical (unpaired) electrons. The standard InChI is InChI=1S/C14H19NO3S/c1-3-15(4-2)13-10-14(18-19(16,17)11-13)12-8-6-5-7-9-12/h5-10,13H,3-4,11H2,1-2H3. The van der Waals surface area contributed by atoms with Gasteiger partial charge in [0.25, 0.3) is 0 Å². The Kier molecular flexibility index (Phi) is 4.27. The minimum Gasteiger partial charge on any atom is -0.382 e. The normalized spacial score (nSPS) is 21.8. The van der Waals surface area contributed by atoms with Crippen LogP contribution in [0.1, 0.15) is 19.4 Å². The van der Waals surface area contributed by atoms with Gasteiger partial charge in [0.05, 0.1) is 0 Å². The molecule has 0 aliphatic carbocycles. The number of hydrogen-bond acceptors (Lipinski definition) is 4. The maximum atomic E-state index is 11.9. The van der Waals surface area contributed by atoms with Crippen molar-refractivity contribution in [3.63, 3.8) is 0 Å². The van der Waals surface area contributed by atoms with E-state index in [-0.39, 0.29) is 11.8 Å². The van der Waals surface area contributed by atoms with Gasteiger partial charge in [-0.2, -0.15) is 8.42 Å². The van der Waals surface area contributed by atoms with E-state index in [1.54, 1.807) is 0 Å². The predicted molar refractivity (Wildman–Crippen MR) is 76.0 cm³/mol. The summed E-state index contributed by atoms with van der Waals surface area (Å²) >= 11 is 0. The van der Waals surface area contributed by atoms with Crippen molar-refractivity contribution >= 4 is 15.9 Å². The molecule has 1 aliphatic heterocycles. The van der Waals surface area contributed by atoms with Crippen molar-refractivity contribution in [1.29, 1.82) is 0 Å². The van der Waals surface area contributed by atoms with Gasteiger partial charge in [0.15, 0.2) is 0 Å². The molecule has 4 nitrogen and oxygen atoms in total. The van der Waals surface area contributed by atoms with Gasteiger partial charge in [0.1, 0.15) is 11.5 Å². The van der Waals surface area contributed by atoms with Gasteiger partial charge in [-0.05, 0) is 19.2 Å². The molecule has 19 heavy (non-hydrogen) atoms. The molecule has 0 spiro atoms. The zero-order valence-corrected chi connectivity index (χ0v) is 12.1. The first-order valence-corrected chi connectivity index (χ1v) is 8.07. The molecule has 0 amide bonds. The Morgan fingerprint density at radius 2 is 1.84 bits per heavy atom. The van der Waals surface area contributed by atoms with Crippen molar-refractivity contribution < 1.29 is 12.6 Å².